The van der Waals surface area contributed by atoms with Gasteiger partial charge in [0.1, 0.15) is 16.3 Å². The van der Waals surface area contributed by atoms with Crippen LogP contribution in [0.4, 0.5) is 13.2 Å². The monoisotopic (exact) mass is 441 g/mol. The highest BCUT2D eigenvalue weighted by molar-refractivity contribution is 7.17. The highest BCUT2D eigenvalue weighted by Crippen LogP contribution is 2.34. The van der Waals surface area contributed by atoms with Crippen LogP contribution in [0.25, 0.3) is 38.4 Å². The van der Waals surface area contributed by atoms with E-state index in [1.54, 1.807) is 0 Å². The molecule has 10 heteroatoms. The SMILES string of the molecule is Cc1ccc(-c2csc3nc(-c4cnn5c(C(F)(F)F)ccnc45)[nH]c(=O)c23)cc1C. The molecule has 0 fully saturated rings. The molecule has 4 aromatic heterocycles. The number of hydrogen-bond acceptors (Lipinski definition) is 5. The second-order valence-electron chi connectivity index (χ2n) is 7.16. The molecule has 156 valence electrons. The van der Waals surface area contributed by atoms with Gasteiger partial charge < -0.3 is 4.98 Å². The molecule has 0 aliphatic heterocycles. The maximum absolute atomic E-state index is 13.3. The zero-order valence-electron chi connectivity index (χ0n) is 16.3. The number of alkyl halides is 3. The van der Waals surface area contributed by atoms with Crippen molar-refractivity contribution in [1.82, 2.24) is 24.6 Å². The van der Waals surface area contributed by atoms with Gasteiger partial charge in [0, 0.05) is 17.1 Å². The predicted molar refractivity (Wildman–Crippen MR) is 112 cm³/mol. The number of H-pyrrole nitrogens is 1. The number of aryl methyl sites for hydroxylation is 2. The number of nitrogens with one attached hydrogen (secondary N) is 1. The number of fused-ring (bicyclic) bond motifs is 2. The molecule has 0 saturated heterocycles. The van der Waals surface area contributed by atoms with E-state index in [1.165, 1.54) is 17.5 Å². The van der Waals surface area contributed by atoms with Crippen LogP contribution in [0.3, 0.4) is 0 Å². The molecule has 5 rings (SSSR count). The van der Waals surface area contributed by atoms with Crippen LogP contribution in [0.5, 0.6) is 0 Å². The first-order chi connectivity index (χ1) is 14.7. The summed E-state index contributed by atoms with van der Waals surface area (Å²) in [6.07, 6.45) is -2.31. The van der Waals surface area contributed by atoms with E-state index in [9.17, 15) is 18.0 Å². The molecule has 4 heterocycles. The summed E-state index contributed by atoms with van der Waals surface area (Å²) >= 11 is 1.30. The van der Waals surface area contributed by atoms with Gasteiger partial charge in [0.05, 0.1) is 17.1 Å². The van der Waals surface area contributed by atoms with Gasteiger partial charge in [-0.2, -0.15) is 18.3 Å². The first-order valence-electron chi connectivity index (χ1n) is 9.23. The number of hydrogen-bond donors (Lipinski definition) is 1. The summed E-state index contributed by atoms with van der Waals surface area (Å²) in [5, 5.41) is 6.12. The minimum Gasteiger partial charge on any atom is -0.306 e. The molecule has 6 nitrogen and oxygen atoms in total. The molecule has 0 spiro atoms. The van der Waals surface area contributed by atoms with Crippen molar-refractivity contribution in [1.29, 1.82) is 0 Å². The number of aromatic nitrogens is 5. The average Bonchev–Trinajstić information content (AvgIpc) is 3.33. The standard InChI is InChI=1S/C21H14F3N5OS/c1-10-3-4-12(7-11(10)2)14-9-31-20-16(14)19(30)27-17(28-20)13-8-26-29-15(21(22,23)24)5-6-25-18(13)29/h3-9H,1-2H3,(H,27,28,30). The lowest BCUT2D eigenvalue weighted by atomic mass is 10.0. The van der Waals surface area contributed by atoms with E-state index in [0.717, 1.165) is 34.5 Å². The number of thiophene rings is 1. The second kappa shape index (κ2) is 6.74. The quantitative estimate of drug-likeness (QED) is 0.418. The van der Waals surface area contributed by atoms with Gasteiger partial charge in [-0.1, -0.05) is 18.2 Å². The fourth-order valence-corrected chi connectivity index (χ4v) is 4.42. The minimum atomic E-state index is -4.59. The molecule has 1 aromatic carbocycles. The van der Waals surface area contributed by atoms with Crippen LogP contribution in [0, 0.1) is 13.8 Å². The number of benzene rings is 1. The summed E-state index contributed by atoms with van der Waals surface area (Å²) in [4.78, 5) is 24.6. The summed E-state index contributed by atoms with van der Waals surface area (Å²) in [7, 11) is 0. The average molecular weight is 441 g/mol. The Labute approximate surface area is 177 Å². The van der Waals surface area contributed by atoms with Gasteiger partial charge in [-0.25, -0.2) is 14.5 Å². The lowest BCUT2D eigenvalue weighted by molar-refractivity contribution is -0.142. The molecule has 1 N–H and O–H groups in total. The largest absolute Gasteiger partial charge is 0.433 e. The van der Waals surface area contributed by atoms with Crippen LogP contribution in [-0.2, 0) is 6.18 Å². The van der Waals surface area contributed by atoms with E-state index >= 15 is 0 Å². The fraction of sp³-hybridized carbons (Fsp3) is 0.143. The summed E-state index contributed by atoms with van der Waals surface area (Å²) in [5.74, 6) is 0.118. The molecular formula is C21H14F3N5OS. The van der Waals surface area contributed by atoms with Crippen LogP contribution in [-0.4, -0.2) is 24.6 Å². The smallest absolute Gasteiger partial charge is 0.306 e. The van der Waals surface area contributed by atoms with E-state index in [-0.39, 0.29) is 22.6 Å². The van der Waals surface area contributed by atoms with Gasteiger partial charge >= 0.3 is 6.18 Å². The van der Waals surface area contributed by atoms with E-state index in [0.29, 0.717) is 14.7 Å². The first kappa shape index (κ1) is 19.4. The molecular weight excluding hydrogens is 427 g/mol. The lowest BCUT2D eigenvalue weighted by Crippen LogP contribution is -2.13. The third kappa shape index (κ3) is 3.10. The van der Waals surface area contributed by atoms with E-state index in [4.69, 9.17) is 0 Å². The Balaban J connectivity index is 1.68. The Hall–Kier alpha value is -3.53. The molecule has 31 heavy (non-hydrogen) atoms. The molecule has 0 aliphatic rings. The Kier molecular flexibility index (Phi) is 4.23. The van der Waals surface area contributed by atoms with Gasteiger partial charge in [0.15, 0.2) is 5.65 Å². The van der Waals surface area contributed by atoms with Crippen molar-refractivity contribution in [2.45, 2.75) is 20.0 Å². The Morgan fingerprint density at radius 3 is 2.65 bits per heavy atom. The van der Waals surface area contributed by atoms with Crippen LogP contribution >= 0.6 is 11.3 Å². The van der Waals surface area contributed by atoms with Crippen molar-refractivity contribution < 1.29 is 13.2 Å². The molecule has 0 radical (unpaired) electrons. The number of aromatic amines is 1. The van der Waals surface area contributed by atoms with Gasteiger partial charge in [-0.3, -0.25) is 4.79 Å². The maximum atomic E-state index is 13.3. The molecule has 0 amide bonds. The Morgan fingerprint density at radius 1 is 1.10 bits per heavy atom. The first-order valence-corrected chi connectivity index (χ1v) is 10.1. The van der Waals surface area contributed by atoms with Crippen molar-refractivity contribution in [3.63, 3.8) is 0 Å². The summed E-state index contributed by atoms with van der Waals surface area (Å²) in [6.45, 7) is 4.02. The molecule has 0 aliphatic carbocycles. The summed E-state index contributed by atoms with van der Waals surface area (Å²) in [5.41, 5.74) is 2.77. The van der Waals surface area contributed by atoms with Gasteiger partial charge in [0.25, 0.3) is 5.56 Å². The predicted octanol–water partition coefficient (Wildman–Crippen LogP) is 5.00. The molecule has 0 unspecified atom stereocenters. The zero-order chi connectivity index (χ0) is 21.9. The minimum absolute atomic E-state index is 0.0386. The van der Waals surface area contributed by atoms with Gasteiger partial charge in [-0.15, -0.1) is 11.3 Å². The van der Waals surface area contributed by atoms with E-state index < -0.39 is 11.9 Å². The fourth-order valence-electron chi connectivity index (χ4n) is 3.47. The van der Waals surface area contributed by atoms with Crippen molar-refractivity contribution in [3.8, 4) is 22.5 Å². The maximum Gasteiger partial charge on any atom is 0.433 e. The number of halogens is 3. The Bertz CT molecular complexity index is 1530. The number of rotatable bonds is 2. The highest BCUT2D eigenvalue weighted by Gasteiger charge is 2.34. The van der Waals surface area contributed by atoms with E-state index in [2.05, 4.69) is 20.1 Å². The van der Waals surface area contributed by atoms with Crippen LogP contribution in [0.1, 0.15) is 16.8 Å². The molecule has 0 saturated carbocycles. The summed E-state index contributed by atoms with van der Waals surface area (Å²) < 4.78 is 40.5. The lowest BCUT2D eigenvalue weighted by Gasteiger charge is -2.08. The van der Waals surface area contributed by atoms with Crippen molar-refractivity contribution >= 4 is 27.2 Å². The van der Waals surface area contributed by atoms with E-state index in [1.807, 2.05) is 37.4 Å². The third-order valence-corrected chi connectivity index (χ3v) is 6.08. The van der Waals surface area contributed by atoms with Gasteiger partial charge in [-0.05, 0) is 36.6 Å². The molecule has 5 aromatic rings. The normalized spacial score (nSPS) is 12.2. The highest BCUT2D eigenvalue weighted by atomic mass is 32.1. The molecule has 0 bridgehead atoms. The third-order valence-electron chi connectivity index (χ3n) is 5.21. The van der Waals surface area contributed by atoms with Crippen LogP contribution in [0.2, 0.25) is 0 Å². The van der Waals surface area contributed by atoms with Crippen molar-refractivity contribution in [2.24, 2.45) is 0 Å². The molecule has 0 atom stereocenters. The topological polar surface area (TPSA) is 75.9 Å². The van der Waals surface area contributed by atoms with Gasteiger partial charge in [0.2, 0.25) is 0 Å². The Morgan fingerprint density at radius 2 is 1.90 bits per heavy atom. The summed E-state index contributed by atoms with van der Waals surface area (Å²) in [6, 6.07) is 6.80. The zero-order valence-corrected chi connectivity index (χ0v) is 17.1. The van der Waals surface area contributed by atoms with Crippen LogP contribution < -0.4 is 5.56 Å². The number of nitrogens with zero attached hydrogens (tertiary/aromatic N) is 4. The van der Waals surface area contributed by atoms with Crippen molar-refractivity contribution in [3.05, 3.63) is 69.2 Å². The second-order valence-corrected chi connectivity index (χ2v) is 8.02. The van der Waals surface area contributed by atoms with Crippen molar-refractivity contribution in [2.75, 3.05) is 0 Å². The van der Waals surface area contributed by atoms with Crippen LogP contribution in [0.15, 0.2) is 46.8 Å².